The van der Waals surface area contributed by atoms with Crippen molar-refractivity contribution >= 4 is 37.9 Å². The first-order valence-corrected chi connectivity index (χ1v) is 9.32. The summed E-state index contributed by atoms with van der Waals surface area (Å²) in [5, 5.41) is 1.43. The number of para-hydroxylation sites is 1. The van der Waals surface area contributed by atoms with Gasteiger partial charge in [0.05, 0.1) is 10.5 Å². The van der Waals surface area contributed by atoms with E-state index in [9.17, 15) is 13.2 Å². The predicted octanol–water partition coefficient (Wildman–Crippen LogP) is 3.21. The van der Waals surface area contributed by atoms with Crippen LogP contribution in [0.5, 0.6) is 0 Å². The number of benzene rings is 3. The molecular formula is C19H14N2O4S. The molecule has 1 aromatic heterocycles. The molecule has 0 radical (unpaired) electrons. The Balaban J connectivity index is 1.67. The van der Waals surface area contributed by atoms with Gasteiger partial charge in [-0.2, -0.15) is 0 Å². The molecule has 0 atom stereocenters. The Kier molecular flexibility index (Phi) is 3.95. The number of amides is 1. The third-order valence-electron chi connectivity index (χ3n) is 4.00. The zero-order valence-electron chi connectivity index (χ0n) is 13.5. The lowest BCUT2D eigenvalue weighted by Crippen LogP contribution is -2.41. The van der Waals surface area contributed by atoms with Gasteiger partial charge < -0.3 is 4.42 Å². The van der Waals surface area contributed by atoms with E-state index in [-0.39, 0.29) is 4.90 Å². The lowest BCUT2D eigenvalue weighted by Gasteiger charge is -2.09. The molecule has 130 valence electrons. The van der Waals surface area contributed by atoms with Crippen LogP contribution in [0.25, 0.3) is 21.9 Å². The third-order valence-corrected chi connectivity index (χ3v) is 5.26. The Bertz CT molecular complexity index is 1210. The van der Waals surface area contributed by atoms with E-state index in [2.05, 4.69) is 10.3 Å². The number of hydrazine groups is 1. The van der Waals surface area contributed by atoms with Gasteiger partial charge in [-0.25, -0.2) is 8.42 Å². The summed E-state index contributed by atoms with van der Waals surface area (Å²) >= 11 is 0. The van der Waals surface area contributed by atoms with Crippen LogP contribution in [0.2, 0.25) is 0 Å². The van der Waals surface area contributed by atoms with Crippen LogP contribution < -0.4 is 10.3 Å². The summed E-state index contributed by atoms with van der Waals surface area (Å²) in [6.45, 7) is 0. The first-order valence-electron chi connectivity index (χ1n) is 7.84. The fraction of sp³-hybridized carbons (Fsp3) is 0. The molecule has 4 rings (SSSR count). The van der Waals surface area contributed by atoms with Crippen molar-refractivity contribution in [2.45, 2.75) is 4.90 Å². The van der Waals surface area contributed by atoms with Crippen molar-refractivity contribution in [3.05, 3.63) is 78.4 Å². The smallest absolute Gasteiger partial charge is 0.267 e. The van der Waals surface area contributed by atoms with Crippen LogP contribution in [-0.4, -0.2) is 14.3 Å². The predicted molar refractivity (Wildman–Crippen MR) is 97.9 cm³/mol. The van der Waals surface area contributed by atoms with E-state index in [1.54, 1.807) is 36.4 Å². The van der Waals surface area contributed by atoms with E-state index in [0.29, 0.717) is 22.1 Å². The number of sulfonamides is 1. The highest BCUT2D eigenvalue weighted by atomic mass is 32.2. The van der Waals surface area contributed by atoms with E-state index in [1.807, 2.05) is 24.3 Å². The molecule has 0 spiro atoms. The molecule has 0 bridgehead atoms. The maximum atomic E-state index is 12.6. The summed E-state index contributed by atoms with van der Waals surface area (Å²) in [6.07, 6.45) is 0. The minimum atomic E-state index is -3.85. The van der Waals surface area contributed by atoms with E-state index in [0.717, 1.165) is 5.39 Å². The number of carbonyl (C=O) groups excluding carboxylic acids is 1. The molecule has 3 aromatic carbocycles. The minimum Gasteiger partial charge on any atom is -0.456 e. The fourth-order valence-electron chi connectivity index (χ4n) is 2.80. The van der Waals surface area contributed by atoms with Gasteiger partial charge in [0.25, 0.3) is 15.9 Å². The molecule has 0 aliphatic heterocycles. The molecule has 0 saturated heterocycles. The van der Waals surface area contributed by atoms with Gasteiger partial charge in [-0.1, -0.05) is 42.5 Å². The van der Waals surface area contributed by atoms with Crippen molar-refractivity contribution in [2.75, 3.05) is 0 Å². The highest BCUT2D eigenvalue weighted by Gasteiger charge is 2.18. The number of hydrogen-bond acceptors (Lipinski definition) is 4. The van der Waals surface area contributed by atoms with Crippen molar-refractivity contribution in [2.24, 2.45) is 0 Å². The van der Waals surface area contributed by atoms with Crippen LogP contribution in [0.1, 0.15) is 10.4 Å². The second kappa shape index (κ2) is 6.29. The molecule has 0 aliphatic carbocycles. The Morgan fingerprint density at radius 1 is 0.808 bits per heavy atom. The maximum absolute atomic E-state index is 12.6. The Labute approximate surface area is 149 Å². The second-order valence-electron chi connectivity index (χ2n) is 5.65. The van der Waals surface area contributed by atoms with Crippen molar-refractivity contribution in [1.29, 1.82) is 0 Å². The van der Waals surface area contributed by atoms with Crippen LogP contribution in [0.3, 0.4) is 0 Å². The van der Waals surface area contributed by atoms with E-state index in [4.69, 9.17) is 4.42 Å². The van der Waals surface area contributed by atoms with Gasteiger partial charge in [-0.3, -0.25) is 10.2 Å². The van der Waals surface area contributed by atoms with Gasteiger partial charge in [0.15, 0.2) is 0 Å². The van der Waals surface area contributed by atoms with E-state index >= 15 is 0 Å². The average Bonchev–Trinajstić information content (AvgIpc) is 3.05. The molecule has 0 fully saturated rings. The first-order chi connectivity index (χ1) is 12.6. The van der Waals surface area contributed by atoms with Crippen LogP contribution in [-0.2, 0) is 10.0 Å². The molecule has 6 nitrogen and oxygen atoms in total. The second-order valence-corrected chi connectivity index (χ2v) is 7.33. The van der Waals surface area contributed by atoms with Gasteiger partial charge in [-0.15, -0.1) is 4.83 Å². The SMILES string of the molecule is O=C(NNS(=O)(=O)c1ccccc1)c1cccc2oc3ccccc3c12. The molecule has 26 heavy (non-hydrogen) atoms. The molecule has 1 amide bonds. The number of rotatable bonds is 4. The Hall–Kier alpha value is -3.16. The highest BCUT2D eigenvalue weighted by molar-refractivity contribution is 7.89. The monoisotopic (exact) mass is 366 g/mol. The zero-order valence-corrected chi connectivity index (χ0v) is 14.3. The van der Waals surface area contributed by atoms with Crippen LogP contribution >= 0.6 is 0 Å². The van der Waals surface area contributed by atoms with Gasteiger partial charge in [0.2, 0.25) is 0 Å². The van der Waals surface area contributed by atoms with Gasteiger partial charge >= 0.3 is 0 Å². The van der Waals surface area contributed by atoms with Gasteiger partial charge in [0, 0.05) is 10.8 Å². The largest absolute Gasteiger partial charge is 0.456 e. The average molecular weight is 366 g/mol. The Morgan fingerprint density at radius 3 is 2.31 bits per heavy atom. The van der Waals surface area contributed by atoms with Crippen molar-refractivity contribution < 1.29 is 17.6 Å². The van der Waals surface area contributed by atoms with Crippen molar-refractivity contribution in [3.8, 4) is 0 Å². The minimum absolute atomic E-state index is 0.0623. The van der Waals surface area contributed by atoms with E-state index < -0.39 is 15.9 Å². The Morgan fingerprint density at radius 2 is 1.50 bits per heavy atom. The fourth-order valence-corrected chi connectivity index (χ4v) is 3.66. The number of nitrogens with one attached hydrogen (secondary N) is 2. The highest BCUT2D eigenvalue weighted by Crippen LogP contribution is 2.31. The summed E-state index contributed by atoms with van der Waals surface area (Å²) < 4.78 is 30.2. The molecule has 2 N–H and O–H groups in total. The molecule has 0 unspecified atom stereocenters. The number of fused-ring (bicyclic) bond motifs is 3. The lowest BCUT2D eigenvalue weighted by atomic mass is 10.1. The number of carbonyl (C=O) groups is 1. The van der Waals surface area contributed by atoms with Crippen molar-refractivity contribution in [3.63, 3.8) is 0 Å². The summed E-state index contributed by atoms with van der Waals surface area (Å²) in [5.74, 6) is -0.568. The van der Waals surface area contributed by atoms with Crippen LogP contribution in [0, 0.1) is 0 Å². The summed E-state index contributed by atoms with van der Waals surface area (Å²) in [6, 6.07) is 20.2. The third kappa shape index (κ3) is 2.83. The normalized spacial score (nSPS) is 11.7. The first kappa shape index (κ1) is 16.3. The quantitative estimate of drug-likeness (QED) is 0.543. The summed E-state index contributed by atoms with van der Waals surface area (Å²) in [5.41, 5.74) is 3.81. The van der Waals surface area contributed by atoms with Crippen LogP contribution in [0.4, 0.5) is 0 Å². The van der Waals surface area contributed by atoms with E-state index in [1.165, 1.54) is 12.1 Å². The topological polar surface area (TPSA) is 88.4 Å². The maximum Gasteiger partial charge on any atom is 0.267 e. The van der Waals surface area contributed by atoms with Gasteiger partial charge in [-0.05, 0) is 30.3 Å². The molecule has 1 heterocycles. The molecule has 0 aliphatic rings. The summed E-state index contributed by atoms with van der Waals surface area (Å²) in [4.78, 5) is 14.8. The molecular weight excluding hydrogens is 352 g/mol. The molecule has 7 heteroatoms. The zero-order chi connectivity index (χ0) is 18.1. The molecule has 0 saturated carbocycles. The summed E-state index contributed by atoms with van der Waals surface area (Å²) in [7, 11) is -3.85. The number of hydrogen-bond donors (Lipinski definition) is 2. The standard InChI is InChI=1S/C19H14N2O4S/c22-19(20-21-26(23,24)13-7-2-1-3-8-13)15-10-6-12-17-18(15)14-9-4-5-11-16(14)25-17/h1-12,21H,(H,20,22). The lowest BCUT2D eigenvalue weighted by molar-refractivity contribution is 0.0947. The molecule has 4 aromatic rings. The van der Waals surface area contributed by atoms with Crippen molar-refractivity contribution in [1.82, 2.24) is 10.3 Å². The van der Waals surface area contributed by atoms with Gasteiger partial charge in [0.1, 0.15) is 11.2 Å². The van der Waals surface area contributed by atoms with Crippen LogP contribution in [0.15, 0.2) is 82.1 Å². The number of furan rings is 1.